The highest BCUT2D eigenvalue weighted by Crippen LogP contribution is 2.43. The second-order valence-corrected chi connectivity index (χ2v) is 19.3. The molecule has 0 saturated heterocycles. The van der Waals surface area contributed by atoms with E-state index in [1.807, 2.05) is 21.1 Å². The lowest BCUT2D eigenvalue weighted by atomic mass is 10.0. The monoisotopic (exact) mass is 876 g/mol. The summed E-state index contributed by atoms with van der Waals surface area (Å²) in [5.41, 5.74) is 0. The normalized spacial score (nSPS) is 14.8. The molecule has 0 bridgehead atoms. The third-order valence-electron chi connectivity index (χ3n) is 10.7. The summed E-state index contributed by atoms with van der Waals surface area (Å²) in [5, 5.41) is 13.9. The number of aliphatic hydroxyl groups excluding tert-OH is 1. The van der Waals surface area contributed by atoms with Crippen LogP contribution in [0, 0.1) is 0 Å². The largest absolute Gasteiger partial charge is 0.472 e. The number of hydrogen-bond donors (Lipinski definition) is 3. The molecule has 0 aromatic carbocycles. The molecule has 61 heavy (non-hydrogen) atoms. The van der Waals surface area contributed by atoms with E-state index in [4.69, 9.17) is 9.05 Å². The van der Waals surface area contributed by atoms with Crippen LogP contribution >= 0.6 is 7.82 Å². The smallest absolute Gasteiger partial charge is 0.391 e. The van der Waals surface area contributed by atoms with Crippen LogP contribution in [0.3, 0.4) is 0 Å². The molecule has 0 saturated carbocycles. The molecular weight excluding hydrogens is 780 g/mol. The lowest BCUT2D eigenvalue weighted by Gasteiger charge is -2.26. The molecule has 0 aromatic heterocycles. The van der Waals surface area contributed by atoms with E-state index in [1.165, 1.54) is 89.9 Å². The van der Waals surface area contributed by atoms with Crippen LogP contribution in [0.1, 0.15) is 200 Å². The van der Waals surface area contributed by atoms with Crippen LogP contribution in [-0.2, 0) is 18.4 Å². The highest BCUT2D eigenvalue weighted by molar-refractivity contribution is 7.47. The first-order chi connectivity index (χ1) is 29.5. The van der Waals surface area contributed by atoms with E-state index in [9.17, 15) is 19.4 Å². The van der Waals surface area contributed by atoms with Crippen molar-refractivity contribution < 1.29 is 32.9 Å². The number of carbonyl (C=O) groups excluding carboxylic acids is 1. The van der Waals surface area contributed by atoms with Gasteiger partial charge in [-0.1, -0.05) is 202 Å². The van der Waals surface area contributed by atoms with Crippen molar-refractivity contribution in [3.8, 4) is 0 Å². The Balaban J connectivity index is 4.14. The Morgan fingerprint density at radius 3 is 1.44 bits per heavy atom. The molecule has 3 N–H and O–H groups in total. The third-order valence-corrected chi connectivity index (χ3v) is 11.7. The first-order valence-electron chi connectivity index (χ1n) is 24.8. The standard InChI is InChI=1S/C52H95N2O6P/c1-6-8-10-12-14-16-18-19-20-21-22-23-24-25-26-27-28-29-30-31-32-33-34-35-36-38-40-42-44-46-52(56)53-50(49-60-61(57,58)59-48-47-54(3,4)5)51(55)45-43-41-39-37-17-15-13-11-9-7-2/h8,10,14,16,19-20,22-23,25-26,28-29,50-51,55H,6-7,9,11-13,15,17-18,21,24,27,30-49H2,1-5H3,(H-,53,56,57,58)/p+1/b10-8-,16-14-,20-19-,23-22-,26-25-,29-28-. The van der Waals surface area contributed by atoms with E-state index < -0.39 is 20.0 Å². The maximum Gasteiger partial charge on any atom is 0.472 e. The van der Waals surface area contributed by atoms with Gasteiger partial charge in [0.2, 0.25) is 5.91 Å². The van der Waals surface area contributed by atoms with Crippen LogP contribution in [0.4, 0.5) is 0 Å². The minimum Gasteiger partial charge on any atom is -0.391 e. The molecule has 3 unspecified atom stereocenters. The van der Waals surface area contributed by atoms with Gasteiger partial charge in [0.25, 0.3) is 0 Å². The number of phosphoric ester groups is 1. The second-order valence-electron chi connectivity index (χ2n) is 17.8. The van der Waals surface area contributed by atoms with Crippen molar-refractivity contribution in [3.63, 3.8) is 0 Å². The lowest BCUT2D eigenvalue weighted by molar-refractivity contribution is -0.870. The Labute approximate surface area is 376 Å². The molecule has 0 aliphatic carbocycles. The van der Waals surface area contributed by atoms with Gasteiger partial charge in [0.05, 0.1) is 39.9 Å². The average Bonchev–Trinajstić information content (AvgIpc) is 3.21. The summed E-state index contributed by atoms with van der Waals surface area (Å²) < 4.78 is 23.6. The van der Waals surface area contributed by atoms with Crippen molar-refractivity contribution in [1.82, 2.24) is 5.32 Å². The van der Waals surface area contributed by atoms with Gasteiger partial charge in [0.1, 0.15) is 13.2 Å². The molecule has 0 aliphatic rings. The zero-order valence-electron chi connectivity index (χ0n) is 40.1. The second kappa shape index (κ2) is 43.2. The molecule has 1 amide bonds. The van der Waals surface area contributed by atoms with Crippen LogP contribution in [0.5, 0.6) is 0 Å². The Morgan fingerprint density at radius 1 is 0.574 bits per heavy atom. The summed E-state index contributed by atoms with van der Waals surface area (Å²) in [4.78, 5) is 23.2. The number of quaternary nitrogens is 1. The lowest BCUT2D eigenvalue weighted by Crippen LogP contribution is -2.46. The first-order valence-corrected chi connectivity index (χ1v) is 26.3. The highest BCUT2D eigenvalue weighted by atomic mass is 31.2. The van der Waals surface area contributed by atoms with Gasteiger partial charge in [0, 0.05) is 6.42 Å². The molecule has 0 heterocycles. The SMILES string of the molecule is CC/C=C\C/C=C\C/C=C\C/C=C\C/C=C\C/C=C\CCCCCCCCCCCCC(=O)NC(COP(=O)(O)OCC[N+](C)(C)C)C(O)CCCCCCCCCCCC. The number of allylic oxidation sites excluding steroid dienone is 12. The molecule has 0 aromatic rings. The summed E-state index contributed by atoms with van der Waals surface area (Å²) in [6.07, 6.45) is 58.0. The van der Waals surface area contributed by atoms with Crippen molar-refractivity contribution in [2.45, 2.75) is 212 Å². The van der Waals surface area contributed by atoms with Crippen molar-refractivity contribution in [2.24, 2.45) is 0 Å². The van der Waals surface area contributed by atoms with Gasteiger partial charge in [-0.15, -0.1) is 0 Å². The van der Waals surface area contributed by atoms with Crippen LogP contribution in [-0.4, -0.2) is 73.4 Å². The van der Waals surface area contributed by atoms with Crippen LogP contribution < -0.4 is 5.32 Å². The van der Waals surface area contributed by atoms with Gasteiger partial charge in [-0.3, -0.25) is 13.8 Å². The number of nitrogens with zero attached hydrogens (tertiary/aromatic N) is 1. The predicted octanol–water partition coefficient (Wildman–Crippen LogP) is 14.4. The molecule has 3 atom stereocenters. The molecule has 0 aliphatic heterocycles. The third kappa shape index (κ3) is 45.8. The maximum atomic E-state index is 12.9. The number of nitrogens with one attached hydrogen (secondary N) is 1. The summed E-state index contributed by atoms with van der Waals surface area (Å²) in [5.74, 6) is -0.154. The van der Waals surface area contributed by atoms with Gasteiger partial charge in [-0.2, -0.15) is 0 Å². The van der Waals surface area contributed by atoms with E-state index in [0.717, 1.165) is 83.5 Å². The van der Waals surface area contributed by atoms with Crippen molar-refractivity contribution in [2.75, 3.05) is 40.9 Å². The number of likely N-dealkylation sites (N-methyl/N-ethyl adjacent to an activating group) is 1. The molecule has 0 spiro atoms. The quantitative estimate of drug-likeness (QED) is 0.0244. The van der Waals surface area contributed by atoms with E-state index in [-0.39, 0.29) is 19.1 Å². The molecule has 9 heteroatoms. The molecule has 0 radical (unpaired) electrons. The molecule has 0 rings (SSSR count). The zero-order valence-corrected chi connectivity index (χ0v) is 41.0. The topological polar surface area (TPSA) is 105 Å². The Hall–Kier alpha value is -2.06. The summed E-state index contributed by atoms with van der Waals surface area (Å²) >= 11 is 0. The molecule has 0 fully saturated rings. The number of aliphatic hydroxyl groups is 1. The predicted molar refractivity (Wildman–Crippen MR) is 263 cm³/mol. The average molecular weight is 876 g/mol. The van der Waals surface area contributed by atoms with Gasteiger partial charge >= 0.3 is 7.82 Å². The van der Waals surface area contributed by atoms with E-state index in [2.05, 4.69) is 92.1 Å². The fourth-order valence-corrected chi connectivity index (χ4v) is 7.55. The number of hydrogen-bond acceptors (Lipinski definition) is 5. The number of phosphoric acid groups is 1. The number of unbranched alkanes of at least 4 members (excludes halogenated alkanes) is 19. The minimum atomic E-state index is -4.32. The van der Waals surface area contributed by atoms with Crippen LogP contribution in [0.25, 0.3) is 0 Å². The highest BCUT2D eigenvalue weighted by Gasteiger charge is 2.28. The first kappa shape index (κ1) is 58.9. The fraction of sp³-hybridized carbons (Fsp3) is 0.750. The summed E-state index contributed by atoms with van der Waals surface area (Å²) in [6, 6.07) is -0.765. The Bertz CT molecular complexity index is 1220. The van der Waals surface area contributed by atoms with Gasteiger partial charge in [0.15, 0.2) is 0 Å². The van der Waals surface area contributed by atoms with E-state index in [0.29, 0.717) is 23.9 Å². The molecule has 8 nitrogen and oxygen atoms in total. The minimum absolute atomic E-state index is 0.0706. The summed E-state index contributed by atoms with van der Waals surface area (Å²) in [6.45, 7) is 4.74. The van der Waals surface area contributed by atoms with Gasteiger partial charge in [-0.05, 0) is 64.2 Å². The molecule has 354 valence electrons. The number of carbonyl (C=O) groups is 1. The van der Waals surface area contributed by atoms with Gasteiger partial charge in [-0.25, -0.2) is 4.57 Å². The fourth-order valence-electron chi connectivity index (χ4n) is 6.81. The maximum absolute atomic E-state index is 12.9. The van der Waals surface area contributed by atoms with Crippen molar-refractivity contribution in [3.05, 3.63) is 72.9 Å². The van der Waals surface area contributed by atoms with Crippen molar-refractivity contribution in [1.29, 1.82) is 0 Å². The Kier molecular flexibility index (Phi) is 41.7. The zero-order chi connectivity index (χ0) is 45.0. The van der Waals surface area contributed by atoms with E-state index in [1.54, 1.807) is 0 Å². The van der Waals surface area contributed by atoms with E-state index >= 15 is 0 Å². The van der Waals surface area contributed by atoms with Crippen molar-refractivity contribution >= 4 is 13.7 Å². The van der Waals surface area contributed by atoms with Crippen LogP contribution in [0.2, 0.25) is 0 Å². The Morgan fingerprint density at radius 2 is 0.984 bits per heavy atom. The number of rotatable bonds is 44. The van der Waals surface area contributed by atoms with Crippen LogP contribution in [0.15, 0.2) is 72.9 Å². The summed E-state index contributed by atoms with van der Waals surface area (Å²) in [7, 11) is 1.60. The number of amides is 1. The van der Waals surface area contributed by atoms with Gasteiger partial charge < -0.3 is 19.8 Å². The molecular formula is C52H96N2O6P+.